The maximum Gasteiger partial charge on any atom is 0.252 e. The van der Waals surface area contributed by atoms with Gasteiger partial charge < -0.3 is 10.1 Å². The Bertz CT molecular complexity index is 967. The standard InChI is InChI=1S/C22H25ClFN5O2S/c1-3-25-14-32-15(2)20(29-6-8-31-9-7-29)13-28-22(30)18-10-16(4-5-19(18)23)21-26-11-17(24)12-27-21/h4-5,10-12,14,20H,2-3,6-9,13H2,1H3,(H,28,30)/b25-14-. The van der Waals surface area contributed by atoms with Crippen LogP contribution in [0.4, 0.5) is 4.39 Å². The van der Waals surface area contributed by atoms with E-state index in [0.717, 1.165) is 30.4 Å². The molecule has 0 spiro atoms. The first-order valence-corrected chi connectivity index (χ1v) is 11.5. The fraction of sp³-hybridized carbons (Fsp3) is 0.364. The number of hydrogen-bond donors (Lipinski definition) is 1. The summed E-state index contributed by atoms with van der Waals surface area (Å²) in [4.78, 5) is 28.3. The van der Waals surface area contributed by atoms with E-state index in [-0.39, 0.29) is 11.9 Å². The van der Waals surface area contributed by atoms with Crippen LogP contribution in [0, 0.1) is 5.82 Å². The zero-order valence-electron chi connectivity index (χ0n) is 17.8. The van der Waals surface area contributed by atoms with E-state index in [0.29, 0.717) is 48.3 Å². The first-order chi connectivity index (χ1) is 15.5. The van der Waals surface area contributed by atoms with Crippen LogP contribution in [0.25, 0.3) is 11.4 Å². The van der Waals surface area contributed by atoms with E-state index in [1.165, 1.54) is 11.8 Å². The molecule has 2 heterocycles. The van der Waals surface area contributed by atoms with Gasteiger partial charge in [0, 0.05) is 36.6 Å². The van der Waals surface area contributed by atoms with Crippen molar-refractivity contribution in [2.45, 2.75) is 13.0 Å². The molecule has 2 aromatic rings. The molecule has 1 fully saturated rings. The fourth-order valence-electron chi connectivity index (χ4n) is 3.18. The minimum Gasteiger partial charge on any atom is -0.379 e. The van der Waals surface area contributed by atoms with Crippen molar-refractivity contribution in [2.75, 3.05) is 39.4 Å². The fourth-order valence-corrected chi connectivity index (χ4v) is 4.13. The van der Waals surface area contributed by atoms with Crippen LogP contribution in [0.1, 0.15) is 17.3 Å². The molecule has 0 bridgehead atoms. The molecule has 1 N–H and O–H groups in total. The van der Waals surface area contributed by atoms with E-state index >= 15 is 0 Å². The molecular weight excluding hydrogens is 453 g/mol. The summed E-state index contributed by atoms with van der Waals surface area (Å²) in [5.74, 6) is -0.544. The number of aliphatic imine (C=N–C) groups is 1. The van der Waals surface area contributed by atoms with Gasteiger partial charge in [-0.15, -0.1) is 0 Å². The van der Waals surface area contributed by atoms with E-state index in [9.17, 15) is 9.18 Å². The summed E-state index contributed by atoms with van der Waals surface area (Å²) in [5, 5.41) is 3.28. The maximum absolute atomic E-state index is 13.1. The number of nitrogens with zero attached hydrogens (tertiary/aromatic N) is 4. The molecule has 170 valence electrons. The number of rotatable bonds is 9. The molecule has 0 radical (unpaired) electrons. The highest BCUT2D eigenvalue weighted by Gasteiger charge is 2.25. The Balaban J connectivity index is 1.73. The van der Waals surface area contributed by atoms with Gasteiger partial charge in [-0.3, -0.25) is 14.7 Å². The van der Waals surface area contributed by atoms with Crippen molar-refractivity contribution in [1.82, 2.24) is 20.2 Å². The monoisotopic (exact) mass is 477 g/mol. The number of benzene rings is 1. The van der Waals surface area contributed by atoms with Gasteiger partial charge in [0.15, 0.2) is 11.6 Å². The van der Waals surface area contributed by atoms with Gasteiger partial charge in [0.25, 0.3) is 5.91 Å². The third kappa shape index (κ3) is 6.59. The molecule has 1 saturated heterocycles. The third-order valence-electron chi connectivity index (χ3n) is 4.86. The molecule has 1 aromatic carbocycles. The number of halogens is 2. The molecule has 10 heteroatoms. The molecule has 1 aliphatic heterocycles. The van der Waals surface area contributed by atoms with Crippen molar-refractivity contribution in [2.24, 2.45) is 4.99 Å². The Morgan fingerprint density at radius 3 is 2.81 bits per heavy atom. The molecule has 7 nitrogen and oxygen atoms in total. The van der Waals surface area contributed by atoms with E-state index in [4.69, 9.17) is 16.3 Å². The number of ether oxygens (including phenoxy) is 1. The second-order valence-corrected chi connectivity index (χ2v) is 8.36. The van der Waals surface area contributed by atoms with Crippen LogP contribution in [-0.2, 0) is 4.74 Å². The molecule has 0 aliphatic carbocycles. The van der Waals surface area contributed by atoms with Gasteiger partial charge in [0.2, 0.25) is 0 Å². The number of hydrogen-bond acceptors (Lipinski definition) is 7. The van der Waals surface area contributed by atoms with E-state index in [1.807, 2.05) is 6.92 Å². The smallest absolute Gasteiger partial charge is 0.252 e. The Hall–Kier alpha value is -2.33. The quantitative estimate of drug-likeness (QED) is 0.438. The number of carbonyl (C=O) groups excluding carboxylic acids is 1. The van der Waals surface area contributed by atoms with Crippen LogP contribution < -0.4 is 5.32 Å². The van der Waals surface area contributed by atoms with Crippen LogP contribution in [0.2, 0.25) is 5.02 Å². The van der Waals surface area contributed by atoms with E-state index in [2.05, 4.69) is 31.8 Å². The maximum atomic E-state index is 13.1. The van der Waals surface area contributed by atoms with Crippen LogP contribution >= 0.6 is 23.4 Å². The normalized spacial score (nSPS) is 15.6. The second kappa shape index (κ2) is 12.1. The summed E-state index contributed by atoms with van der Waals surface area (Å²) in [6.45, 7) is 10.0. The highest BCUT2D eigenvalue weighted by atomic mass is 35.5. The first kappa shape index (κ1) is 24.3. The topological polar surface area (TPSA) is 79.7 Å². The molecule has 32 heavy (non-hydrogen) atoms. The minimum absolute atomic E-state index is 0.0847. The Kier molecular flexibility index (Phi) is 9.16. The SMILES string of the molecule is C=C(S/C=N\CC)C(CNC(=O)c1cc(-c2ncc(F)cn2)ccc1Cl)N1CCOCC1. The number of carbonyl (C=O) groups is 1. The molecule has 1 amide bonds. The van der Waals surface area contributed by atoms with Gasteiger partial charge in [-0.2, -0.15) is 0 Å². The van der Waals surface area contributed by atoms with Gasteiger partial charge in [0.1, 0.15) is 0 Å². The predicted octanol–water partition coefficient (Wildman–Crippen LogP) is 3.66. The first-order valence-electron chi connectivity index (χ1n) is 10.2. The summed E-state index contributed by atoms with van der Waals surface area (Å²) in [6, 6.07) is 4.81. The number of nitrogens with one attached hydrogen (secondary N) is 1. The Labute approximate surface area is 196 Å². The van der Waals surface area contributed by atoms with Gasteiger partial charge in [-0.1, -0.05) is 29.9 Å². The van der Waals surface area contributed by atoms with Crippen molar-refractivity contribution in [1.29, 1.82) is 0 Å². The largest absolute Gasteiger partial charge is 0.379 e. The highest BCUT2D eigenvalue weighted by Crippen LogP contribution is 2.24. The van der Waals surface area contributed by atoms with Crippen molar-refractivity contribution in [3.8, 4) is 11.4 Å². The lowest BCUT2D eigenvalue weighted by atomic mass is 10.1. The van der Waals surface area contributed by atoms with Crippen LogP contribution in [0.5, 0.6) is 0 Å². The zero-order valence-corrected chi connectivity index (χ0v) is 19.3. The zero-order chi connectivity index (χ0) is 22.9. The van der Waals surface area contributed by atoms with Crippen molar-refractivity contribution in [3.63, 3.8) is 0 Å². The molecule has 1 unspecified atom stereocenters. The van der Waals surface area contributed by atoms with Gasteiger partial charge in [0.05, 0.1) is 47.8 Å². The summed E-state index contributed by atoms with van der Waals surface area (Å²) in [6.07, 6.45) is 2.16. The molecular formula is C22H25ClFN5O2S. The Morgan fingerprint density at radius 1 is 1.41 bits per heavy atom. The number of amides is 1. The van der Waals surface area contributed by atoms with E-state index < -0.39 is 5.82 Å². The van der Waals surface area contributed by atoms with Crippen molar-refractivity contribution >= 4 is 34.8 Å². The highest BCUT2D eigenvalue weighted by molar-refractivity contribution is 8.15. The van der Waals surface area contributed by atoms with E-state index in [1.54, 1.807) is 23.7 Å². The van der Waals surface area contributed by atoms with Crippen LogP contribution in [0.3, 0.4) is 0 Å². The number of thioether (sulfide) groups is 1. The molecule has 1 aromatic heterocycles. The molecule has 3 rings (SSSR count). The van der Waals surface area contributed by atoms with Gasteiger partial charge in [-0.25, -0.2) is 14.4 Å². The van der Waals surface area contributed by atoms with Gasteiger partial charge >= 0.3 is 0 Å². The number of aromatic nitrogens is 2. The lowest BCUT2D eigenvalue weighted by Crippen LogP contribution is -2.49. The molecule has 0 saturated carbocycles. The van der Waals surface area contributed by atoms with Crippen molar-refractivity contribution in [3.05, 3.63) is 58.5 Å². The summed E-state index contributed by atoms with van der Waals surface area (Å²) < 4.78 is 18.6. The third-order valence-corrected chi connectivity index (χ3v) is 6.02. The summed E-state index contributed by atoms with van der Waals surface area (Å²) in [5.41, 5.74) is 2.64. The Morgan fingerprint density at radius 2 is 2.12 bits per heavy atom. The average molecular weight is 478 g/mol. The second-order valence-electron chi connectivity index (χ2n) is 6.98. The van der Waals surface area contributed by atoms with Gasteiger partial charge in [-0.05, 0) is 25.1 Å². The molecule has 1 atom stereocenters. The van der Waals surface area contributed by atoms with Crippen molar-refractivity contribution < 1.29 is 13.9 Å². The summed E-state index contributed by atoms with van der Waals surface area (Å²) in [7, 11) is 0. The van der Waals surface area contributed by atoms with Crippen LogP contribution in [-0.4, -0.2) is 71.8 Å². The lowest BCUT2D eigenvalue weighted by Gasteiger charge is -2.35. The lowest BCUT2D eigenvalue weighted by molar-refractivity contribution is 0.0251. The predicted molar refractivity (Wildman–Crippen MR) is 127 cm³/mol. The minimum atomic E-state index is -0.531. The van der Waals surface area contributed by atoms with Crippen LogP contribution in [0.15, 0.2) is 47.1 Å². The summed E-state index contributed by atoms with van der Waals surface area (Å²) >= 11 is 7.75. The molecule has 1 aliphatic rings. The average Bonchev–Trinajstić information content (AvgIpc) is 2.81. The number of morpholine rings is 1.